The summed E-state index contributed by atoms with van der Waals surface area (Å²) in [6.45, 7) is 13.0. The molecular weight excluding hydrogens is 876 g/mol. The molecule has 4 nitrogen and oxygen atoms in total. The van der Waals surface area contributed by atoms with Gasteiger partial charge in [-0.25, -0.2) is 0 Å². The van der Waals surface area contributed by atoms with Gasteiger partial charge in [-0.15, -0.1) is 0 Å². The first-order valence-corrected chi connectivity index (χ1v) is 25.1. The first-order chi connectivity index (χ1) is 26.8. The molecule has 0 amide bonds. The molecule has 0 aliphatic carbocycles. The Morgan fingerprint density at radius 3 is 0.864 bits per heavy atom. The standard InChI is InChI=1S/C21H46O2Si.C15H17F17O2Si/c1-5-8-9-10-11-12-13-14-15-16-17-18-19-20-21-24(4,22-6-2)23-7-3;1-4-33-35(3,34-5-2)7-6-8(16,17)9(18,19)10(20,21)11(22,23)12(24,25)13(26,27)14(28,29)15(30,31)32/h5-21H2,1-4H3;4-7H2,1-3H3. The van der Waals surface area contributed by atoms with Crippen LogP contribution in [0.5, 0.6) is 0 Å². The summed E-state index contributed by atoms with van der Waals surface area (Å²) >= 11 is 0. The Morgan fingerprint density at radius 1 is 0.322 bits per heavy atom. The predicted molar refractivity (Wildman–Crippen MR) is 195 cm³/mol. The average molecular weight is 939 g/mol. The van der Waals surface area contributed by atoms with Crippen LogP contribution in [0, 0.1) is 0 Å². The van der Waals surface area contributed by atoms with Crippen molar-refractivity contribution >= 4 is 17.1 Å². The Bertz CT molecular complexity index is 1120. The van der Waals surface area contributed by atoms with E-state index in [0.29, 0.717) is 0 Å². The molecule has 0 aliphatic rings. The quantitative estimate of drug-likeness (QED) is 0.0383. The van der Waals surface area contributed by atoms with E-state index in [9.17, 15) is 74.6 Å². The van der Waals surface area contributed by atoms with Crippen molar-refractivity contribution in [3.63, 3.8) is 0 Å². The third-order valence-corrected chi connectivity index (χ3v) is 15.5. The molecule has 0 N–H and O–H groups in total. The van der Waals surface area contributed by atoms with Gasteiger partial charge in [0, 0.05) is 32.8 Å². The fourth-order valence-electron chi connectivity index (χ4n) is 5.97. The van der Waals surface area contributed by atoms with Crippen molar-refractivity contribution in [1.82, 2.24) is 0 Å². The molecule has 0 aromatic carbocycles. The molecule has 23 heteroatoms. The van der Waals surface area contributed by atoms with Gasteiger partial charge in [0.25, 0.3) is 0 Å². The summed E-state index contributed by atoms with van der Waals surface area (Å²) < 4.78 is 247. The smallest absolute Gasteiger partial charge is 0.395 e. The van der Waals surface area contributed by atoms with Gasteiger partial charge in [-0.2, -0.15) is 74.6 Å². The minimum Gasteiger partial charge on any atom is -0.395 e. The molecule has 59 heavy (non-hydrogen) atoms. The Balaban J connectivity index is 0. The normalized spacial score (nSPS) is 14.4. The van der Waals surface area contributed by atoms with Gasteiger partial charge in [0.15, 0.2) is 0 Å². The van der Waals surface area contributed by atoms with E-state index in [4.69, 9.17) is 17.7 Å². The van der Waals surface area contributed by atoms with Gasteiger partial charge in [0.1, 0.15) is 0 Å². The van der Waals surface area contributed by atoms with Crippen molar-refractivity contribution in [3.05, 3.63) is 0 Å². The van der Waals surface area contributed by atoms with Crippen molar-refractivity contribution in [2.24, 2.45) is 0 Å². The highest BCUT2D eigenvalue weighted by molar-refractivity contribution is 6.66. The van der Waals surface area contributed by atoms with Crippen LogP contribution in [0.15, 0.2) is 0 Å². The Labute approximate surface area is 339 Å². The summed E-state index contributed by atoms with van der Waals surface area (Å²) in [5.41, 5.74) is 0. The Kier molecular flexibility index (Phi) is 25.9. The van der Waals surface area contributed by atoms with Crippen LogP contribution >= 0.6 is 0 Å². The molecule has 0 heterocycles. The van der Waals surface area contributed by atoms with Gasteiger partial charge in [-0.3, -0.25) is 0 Å². The number of halogens is 17. The highest BCUT2D eigenvalue weighted by atomic mass is 28.4. The van der Waals surface area contributed by atoms with E-state index in [0.717, 1.165) is 25.8 Å². The van der Waals surface area contributed by atoms with E-state index in [1.54, 1.807) is 0 Å². The van der Waals surface area contributed by atoms with Gasteiger partial charge in [0.05, 0.1) is 0 Å². The molecule has 0 rings (SSSR count). The van der Waals surface area contributed by atoms with E-state index in [-0.39, 0.29) is 13.2 Å². The van der Waals surface area contributed by atoms with Gasteiger partial charge in [-0.1, -0.05) is 96.8 Å². The number of rotatable bonds is 32. The van der Waals surface area contributed by atoms with Gasteiger partial charge in [0.2, 0.25) is 0 Å². The second-order valence-electron chi connectivity index (χ2n) is 14.5. The number of hydrogen-bond donors (Lipinski definition) is 0. The molecule has 0 saturated carbocycles. The van der Waals surface area contributed by atoms with Crippen LogP contribution < -0.4 is 0 Å². The third kappa shape index (κ3) is 16.6. The molecule has 0 aliphatic heterocycles. The molecule has 0 fully saturated rings. The number of unbranched alkanes of at least 4 members (excludes halogenated alkanes) is 13. The van der Waals surface area contributed by atoms with Crippen LogP contribution in [0.2, 0.25) is 25.2 Å². The summed E-state index contributed by atoms with van der Waals surface area (Å²) in [5.74, 6) is -56.2. The highest BCUT2D eigenvalue weighted by Gasteiger charge is 2.95. The van der Waals surface area contributed by atoms with Crippen molar-refractivity contribution in [2.75, 3.05) is 26.4 Å². The van der Waals surface area contributed by atoms with E-state index >= 15 is 0 Å². The zero-order chi connectivity index (χ0) is 46.7. The summed E-state index contributed by atoms with van der Waals surface area (Å²) in [6, 6.07) is -0.218. The molecular formula is C36H63F17O4Si2. The average Bonchev–Trinajstić information content (AvgIpc) is 3.10. The molecule has 0 saturated heterocycles. The maximum Gasteiger partial charge on any atom is 0.460 e. The molecule has 0 aromatic rings. The molecule has 0 atom stereocenters. The summed E-state index contributed by atoms with van der Waals surface area (Å²) in [4.78, 5) is 0. The minimum absolute atomic E-state index is 0.312. The van der Waals surface area contributed by atoms with Gasteiger partial charge < -0.3 is 17.7 Å². The van der Waals surface area contributed by atoms with Gasteiger partial charge in [-0.05, 0) is 52.9 Å². The number of alkyl halides is 17. The van der Waals surface area contributed by atoms with Gasteiger partial charge >= 0.3 is 64.8 Å². The Morgan fingerprint density at radius 2 is 0.576 bits per heavy atom. The molecule has 0 radical (unpaired) electrons. The van der Waals surface area contributed by atoms with E-state index in [1.807, 2.05) is 0 Å². The summed E-state index contributed by atoms with van der Waals surface area (Å²) in [6.07, 6.45) is 9.51. The lowest BCUT2D eigenvalue weighted by molar-refractivity contribution is -0.461. The molecule has 0 aromatic heterocycles. The van der Waals surface area contributed by atoms with Crippen LogP contribution in [-0.2, 0) is 17.7 Å². The van der Waals surface area contributed by atoms with Crippen LogP contribution in [0.25, 0.3) is 0 Å². The highest BCUT2D eigenvalue weighted by Crippen LogP contribution is 2.64. The zero-order valence-corrected chi connectivity index (χ0v) is 36.9. The van der Waals surface area contributed by atoms with Crippen LogP contribution in [-0.4, -0.2) is 91.2 Å². The second-order valence-corrected chi connectivity index (χ2v) is 21.2. The first-order valence-electron chi connectivity index (χ1n) is 20.0. The topological polar surface area (TPSA) is 36.9 Å². The largest absolute Gasteiger partial charge is 0.460 e. The maximum atomic E-state index is 13.9. The van der Waals surface area contributed by atoms with Crippen LogP contribution in [0.1, 0.15) is 131 Å². The van der Waals surface area contributed by atoms with Crippen molar-refractivity contribution in [3.8, 4) is 0 Å². The third-order valence-electron chi connectivity index (χ3n) is 9.46. The fourth-order valence-corrected chi connectivity index (χ4v) is 10.8. The van der Waals surface area contributed by atoms with Crippen LogP contribution in [0.3, 0.4) is 0 Å². The zero-order valence-electron chi connectivity index (χ0n) is 34.9. The molecule has 358 valence electrons. The van der Waals surface area contributed by atoms with E-state index < -0.39 is 77.2 Å². The van der Waals surface area contributed by atoms with E-state index in [1.165, 1.54) is 104 Å². The summed E-state index contributed by atoms with van der Waals surface area (Å²) in [5, 5.41) is 0. The fraction of sp³-hybridized carbons (Fsp3) is 1.00. The summed E-state index contributed by atoms with van der Waals surface area (Å²) in [7, 11) is -5.75. The predicted octanol–water partition coefficient (Wildman–Crippen LogP) is 15.1. The van der Waals surface area contributed by atoms with Crippen molar-refractivity contribution in [1.29, 1.82) is 0 Å². The minimum atomic E-state index is -8.62. The maximum absolute atomic E-state index is 13.9. The van der Waals surface area contributed by atoms with Crippen molar-refractivity contribution in [2.45, 2.75) is 204 Å². The lowest BCUT2D eigenvalue weighted by Gasteiger charge is -2.43. The van der Waals surface area contributed by atoms with E-state index in [2.05, 4.69) is 27.3 Å². The lowest BCUT2D eigenvalue weighted by atomic mass is 9.88. The number of hydrogen-bond acceptors (Lipinski definition) is 4. The monoisotopic (exact) mass is 938 g/mol. The molecule has 0 bridgehead atoms. The van der Waals surface area contributed by atoms with Crippen molar-refractivity contribution < 1.29 is 92.3 Å². The lowest BCUT2D eigenvalue weighted by Crippen LogP contribution is -2.74. The molecule has 0 spiro atoms. The molecule has 0 unspecified atom stereocenters. The van der Waals surface area contributed by atoms with Crippen LogP contribution in [0.4, 0.5) is 74.6 Å². The second kappa shape index (κ2) is 25.4. The SMILES string of the molecule is CCCCCCCCCCCCCCCC[Si](C)(OCC)OCC.CCO[Si](C)(CCC(F)(F)C(F)(F)C(F)(F)C(F)(F)C(F)(F)C(F)(F)C(F)(F)C(F)(F)F)OCC. The first kappa shape index (κ1) is 60.2. The Hall–Kier alpha value is -0.916.